The van der Waals surface area contributed by atoms with Crippen molar-refractivity contribution in [2.24, 2.45) is 0 Å². The average Bonchev–Trinajstić information content (AvgIpc) is 3.32. The molecule has 2 aromatic heterocycles. The lowest BCUT2D eigenvalue weighted by molar-refractivity contribution is 0.102. The highest BCUT2D eigenvalue weighted by Gasteiger charge is 2.16. The molecule has 0 fully saturated rings. The lowest BCUT2D eigenvalue weighted by Crippen LogP contribution is -2.14. The van der Waals surface area contributed by atoms with E-state index in [0.29, 0.717) is 23.6 Å². The third-order valence-electron chi connectivity index (χ3n) is 4.07. The lowest BCUT2D eigenvalue weighted by atomic mass is 10.2. The molecule has 1 N–H and O–H groups in total. The molecule has 4 rings (SSSR count). The molecule has 0 radical (unpaired) electrons. The zero-order valence-electron chi connectivity index (χ0n) is 14.8. The number of nitrogens with one attached hydrogen (secondary N) is 1. The minimum Gasteiger partial charge on any atom is -0.321 e. The molecule has 0 aliphatic rings. The van der Waals surface area contributed by atoms with Crippen molar-refractivity contribution >= 4 is 11.6 Å². The second-order valence-corrected chi connectivity index (χ2v) is 6.12. The minimum atomic E-state index is -0.286. The van der Waals surface area contributed by atoms with E-state index in [-0.39, 0.29) is 5.91 Å². The van der Waals surface area contributed by atoms with Crippen LogP contribution in [0.3, 0.4) is 0 Å². The van der Waals surface area contributed by atoms with Crippen LogP contribution < -0.4 is 5.32 Å². The van der Waals surface area contributed by atoms with Crippen LogP contribution >= 0.6 is 0 Å². The fraction of sp³-hybridized carbons (Fsp3) is 0.100. The topological polar surface area (TPSA) is 77.6 Å². The summed E-state index contributed by atoms with van der Waals surface area (Å²) in [6, 6.07) is 19.1. The number of rotatable bonds is 5. The molecule has 0 spiro atoms. The number of hydrogen-bond acceptors (Lipinski definition) is 4. The Bertz CT molecular complexity index is 1050. The monoisotopic (exact) mass is 358 g/mol. The Morgan fingerprint density at radius 2 is 1.89 bits per heavy atom. The Balaban J connectivity index is 1.52. The first-order chi connectivity index (χ1) is 13.2. The van der Waals surface area contributed by atoms with Crippen LogP contribution in [0.15, 0.2) is 73.1 Å². The van der Waals surface area contributed by atoms with Crippen LogP contribution in [-0.4, -0.2) is 30.7 Å². The third kappa shape index (κ3) is 3.77. The van der Waals surface area contributed by atoms with Crippen LogP contribution in [0.2, 0.25) is 0 Å². The molecule has 1 amide bonds. The number of carbonyl (C=O) groups excluding carboxylic acids is 1. The summed E-state index contributed by atoms with van der Waals surface area (Å²) in [4.78, 5) is 14.1. The highest BCUT2D eigenvalue weighted by atomic mass is 16.2. The fourth-order valence-corrected chi connectivity index (χ4v) is 2.78. The summed E-state index contributed by atoms with van der Waals surface area (Å²) < 4.78 is 1.83. The highest BCUT2D eigenvalue weighted by Crippen LogP contribution is 2.14. The maximum atomic E-state index is 12.7. The van der Waals surface area contributed by atoms with E-state index in [4.69, 9.17) is 0 Å². The molecule has 27 heavy (non-hydrogen) atoms. The lowest BCUT2D eigenvalue weighted by Gasteiger charge is -2.07. The van der Waals surface area contributed by atoms with Gasteiger partial charge in [-0.2, -0.15) is 15.0 Å². The largest absolute Gasteiger partial charge is 0.321 e. The van der Waals surface area contributed by atoms with E-state index >= 15 is 0 Å². The van der Waals surface area contributed by atoms with E-state index in [1.54, 1.807) is 13.1 Å². The summed E-state index contributed by atoms with van der Waals surface area (Å²) in [6.45, 7) is 2.41. The minimum absolute atomic E-state index is 0.286. The molecular formula is C20H18N6O. The molecule has 2 aromatic carbocycles. The van der Waals surface area contributed by atoms with Crippen molar-refractivity contribution in [2.75, 3.05) is 5.32 Å². The Morgan fingerprint density at radius 3 is 2.67 bits per heavy atom. The van der Waals surface area contributed by atoms with Crippen molar-refractivity contribution in [1.82, 2.24) is 24.8 Å². The SMILES string of the molecule is Cc1nn(-c2ccccc2)nc1C(=O)Nc1cccc(Cn2cccn2)c1. The third-order valence-corrected chi connectivity index (χ3v) is 4.07. The Morgan fingerprint density at radius 1 is 1.04 bits per heavy atom. The quantitative estimate of drug-likeness (QED) is 0.595. The molecule has 0 saturated carbocycles. The van der Waals surface area contributed by atoms with Crippen LogP contribution in [-0.2, 0) is 6.54 Å². The summed E-state index contributed by atoms with van der Waals surface area (Å²) in [7, 11) is 0. The van der Waals surface area contributed by atoms with Gasteiger partial charge in [0, 0.05) is 18.1 Å². The standard InChI is InChI=1S/C20H18N6O/c1-15-19(24-26(23-15)18-9-3-2-4-10-18)20(27)22-17-8-5-7-16(13-17)14-25-12-6-11-21-25/h2-13H,14H2,1H3,(H,22,27). The molecule has 7 heteroatoms. The van der Waals surface area contributed by atoms with Gasteiger partial charge in [0.1, 0.15) is 0 Å². The number of nitrogens with zero attached hydrogens (tertiary/aromatic N) is 5. The van der Waals surface area contributed by atoms with Gasteiger partial charge in [-0.1, -0.05) is 30.3 Å². The summed E-state index contributed by atoms with van der Waals surface area (Å²) in [5, 5.41) is 15.8. The van der Waals surface area contributed by atoms with Gasteiger partial charge in [-0.05, 0) is 42.8 Å². The van der Waals surface area contributed by atoms with Crippen LogP contribution in [0.1, 0.15) is 21.7 Å². The average molecular weight is 358 g/mol. The van der Waals surface area contributed by atoms with Gasteiger partial charge in [-0.25, -0.2) is 0 Å². The van der Waals surface area contributed by atoms with Crippen LogP contribution in [0.5, 0.6) is 0 Å². The maximum Gasteiger partial charge on any atom is 0.278 e. The van der Waals surface area contributed by atoms with E-state index in [9.17, 15) is 4.79 Å². The number of para-hydroxylation sites is 1. The zero-order valence-corrected chi connectivity index (χ0v) is 14.8. The fourth-order valence-electron chi connectivity index (χ4n) is 2.78. The molecule has 0 aliphatic carbocycles. The number of hydrogen-bond donors (Lipinski definition) is 1. The van der Waals surface area contributed by atoms with Crippen LogP contribution in [0.25, 0.3) is 5.69 Å². The number of anilines is 1. The van der Waals surface area contributed by atoms with Gasteiger partial charge in [0.15, 0.2) is 5.69 Å². The first kappa shape index (κ1) is 16.7. The van der Waals surface area contributed by atoms with Gasteiger partial charge in [-0.3, -0.25) is 9.48 Å². The summed E-state index contributed by atoms with van der Waals surface area (Å²) >= 11 is 0. The highest BCUT2D eigenvalue weighted by molar-refractivity contribution is 6.03. The summed E-state index contributed by atoms with van der Waals surface area (Å²) in [5.41, 5.74) is 3.43. The molecule has 134 valence electrons. The van der Waals surface area contributed by atoms with E-state index in [2.05, 4.69) is 20.6 Å². The number of aryl methyl sites for hydroxylation is 1. The Kier molecular flexibility index (Phi) is 4.49. The van der Waals surface area contributed by atoms with Gasteiger partial charge in [-0.15, -0.1) is 5.10 Å². The van der Waals surface area contributed by atoms with Crippen molar-refractivity contribution < 1.29 is 4.79 Å². The molecule has 0 bridgehead atoms. The molecule has 4 aromatic rings. The second-order valence-electron chi connectivity index (χ2n) is 6.12. The van der Waals surface area contributed by atoms with Gasteiger partial charge in [0.05, 0.1) is 17.9 Å². The van der Waals surface area contributed by atoms with Gasteiger partial charge in [0.2, 0.25) is 0 Å². The van der Waals surface area contributed by atoms with Crippen LogP contribution in [0, 0.1) is 6.92 Å². The van der Waals surface area contributed by atoms with Crippen molar-refractivity contribution in [3.8, 4) is 5.69 Å². The second kappa shape index (κ2) is 7.25. The number of amides is 1. The van der Waals surface area contributed by atoms with Crippen molar-refractivity contribution in [2.45, 2.75) is 13.5 Å². The molecule has 0 saturated heterocycles. The predicted molar refractivity (Wildman–Crippen MR) is 102 cm³/mol. The predicted octanol–water partition coefficient (Wildman–Crippen LogP) is 3.07. The van der Waals surface area contributed by atoms with E-state index < -0.39 is 0 Å². The van der Waals surface area contributed by atoms with Crippen LogP contribution in [0.4, 0.5) is 5.69 Å². The van der Waals surface area contributed by atoms with Gasteiger partial charge in [0.25, 0.3) is 5.91 Å². The van der Waals surface area contributed by atoms with Crippen molar-refractivity contribution in [1.29, 1.82) is 0 Å². The van der Waals surface area contributed by atoms with E-state index in [1.807, 2.05) is 71.5 Å². The Hall–Kier alpha value is -3.74. The smallest absolute Gasteiger partial charge is 0.278 e. The summed E-state index contributed by atoms with van der Waals surface area (Å²) in [5.74, 6) is -0.286. The van der Waals surface area contributed by atoms with Crippen molar-refractivity contribution in [3.63, 3.8) is 0 Å². The number of aromatic nitrogens is 5. The molecule has 0 unspecified atom stereocenters. The molecule has 0 aliphatic heterocycles. The van der Waals surface area contributed by atoms with Crippen molar-refractivity contribution in [3.05, 3.63) is 90.0 Å². The molecule has 0 atom stereocenters. The van der Waals surface area contributed by atoms with E-state index in [0.717, 1.165) is 11.3 Å². The number of benzene rings is 2. The first-order valence-corrected chi connectivity index (χ1v) is 8.56. The van der Waals surface area contributed by atoms with Gasteiger partial charge >= 0.3 is 0 Å². The zero-order chi connectivity index (χ0) is 18.6. The van der Waals surface area contributed by atoms with E-state index in [1.165, 1.54) is 4.80 Å². The molecular weight excluding hydrogens is 340 g/mol. The Labute approximate surface area is 156 Å². The maximum absolute atomic E-state index is 12.7. The normalized spacial score (nSPS) is 10.7. The first-order valence-electron chi connectivity index (χ1n) is 8.56. The molecule has 2 heterocycles. The van der Waals surface area contributed by atoms with Gasteiger partial charge < -0.3 is 5.32 Å². The molecule has 7 nitrogen and oxygen atoms in total. The summed E-state index contributed by atoms with van der Waals surface area (Å²) in [6.07, 6.45) is 3.64. The number of carbonyl (C=O) groups is 1.